The molecule has 2 amide bonds. The van der Waals surface area contributed by atoms with Crippen molar-refractivity contribution in [1.29, 1.82) is 0 Å². The maximum Gasteiger partial charge on any atom is 0.265 e. The second-order valence-corrected chi connectivity index (χ2v) is 9.12. The van der Waals surface area contributed by atoms with Crippen LogP contribution in [-0.2, 0) is 14.8 Å². The number of carbonyl (C=O) groups excluding carboxylic acids is 2. The Hall–Kier alpha value is -3.56. The predicted octanol–water partition coefficient (Wildman–Crippen LogP) is 3.67. The highest BCUT2D eigenvalue weighted by Crippen LogP contribution is 2.30. The van der Waals surface area contributed by atoms with Gasteiger partial charge in [-0.3, -0.25) is 13.9 Å². The van der Waals surface area contributed by atoms with E-state index in [1.54, 1.807) is 49.4 Å². The zero-order valence-corrected chi connectivity index (χ0v) is 19.3. The number of ether oxygens (including phenoxy) is 1. The molecule has 0 aromatic heterocycles. The molecular formula is C23H22ClN3O5S. The number of nitrogens with two attached hydrogens (primary N) is 1. The molecule has 0 saturated heterocycles. The molecule has 0 fully saturated rings. The molecule has 3 N–H and O–H groups in total. The van der Waals surface area contributed by atoms with Crippen molar-refractivity contribution in [2.45, 2.75) is 11.8 Å². The highest BCUT2D eigenvalue weighted by atomic mass is 35.5. The minimum absolute atomic E-state index is 0.0295. The van der Waals surface area contributed by atoms with Gasteiger partial charge in [-0.05, 0) is 55.5 Å². The summed E-state index contributed by atoms with van der Waals surface area (Å²) in [7, 11) is -3.99. The zero-order valence-electron chi connectivity index (χ0n) is 17.7. The maximum absolute atomic E-state index is 13.3. The largest absolute Gasteiger partial charge is 0.484 e. The molecule has 0 spiro atoms. The van der Waals surface area contributed by atoms with Gasteiger partial charge in [0.2, 0.25) is 5.91 Å². The standard InChI is InChI=1S/C23H22ClN3O5S/c1-2-27(18-8-4-3-5-9-18)33(30,31)21-14-17(11-12-20(21)24)26-22(28)15-32-19-10-6-7-16(13-19)23(25)29/h3-14H,2,15H2,1H3,(H2,25,29)(H,26,28). The van der Waals surface area contributed by atoms with Crippen LogP contribution in [-0.4, -0.2) is 33.4 Å². The van der Waals surface area contributed by atoms with Crippen LogP contribution in [0.25, 0.3) is 0 Å². The first-order valence-corrected chi connectivity index (χ1v) is 11.7. The first-order valence-electron chi connectivity index (χ1n) is 9.92. The fourth-order valence-electron chi connectivity index (χ4n) is 3.07. The fourth-order valence-corrected chi connectivity index (χ4v) is 5.05. The summed E-state index contributed by atoms with van der Waals surface area (Å²) >= 11 is 6.21. The van der Waals surface area contributed by atoms with E-state index in [-0.39, 0.29) is 34.3 Å². The van der Waals surface area contributed by atoms with E-state index in [9.17, 15) is 18.0 Å². The lowest BCUT2D eigenvalue weighted by atomic mass is 10.2. The van der Waals surface area contributed by atoms with E-state index < -0.39 is 21.8 Å². The number of para-hydroxylation sites is 1. The van der Waals surface area contributed by atoms with E-state index in [4.69, 9.17) is 22.1 Å². The molecule has 0 heterocycles. The summed E-state index contributed by atoms with van der Waals surface area (Å²) in [5.74, 6) is -0.848. The van der Waals surface area contributed by atoms with Gasteiger partial charge in [-0.25, -0.2) is 8.42 Å². The van der Waals surface area contributed by atoms with E-state index >= 15 is 0 Å². The van der Waals surface area contributed by atoms with E-state index in [0.29, 0.717) is 11.4 Å². The van der Waals surface area contributed by atoms with Gasteiger partial charge in [0.1, 0.15) is 10.6 Å². The summed E-state index contributed by atoms with van der Waals surface area (Å²) in [6, 6.07) is 18.9. The molecule has 172 valence electrons. The number of rotatable bonds is 9. The number of nitrogens with zero attached hydrogens (tertiary/aromatic N) is 1. The van der Waals surface area contributed by atoms with Crippen LogP contribution in [0.5, 0.6) is 5.75 Å². The Labute approximate surface area is 197 Å². The van der Waals surface area contributed by atoms with Gasteiger partial charge in [0.15, 0.2) is 6.61 Å². The molecule has 0 aliphatic rings. The number of sulfonamides is 1. The Morgan fingerprint density at radius 3 is 2.42 bits per heavy atom. The molecule has 3 rings (SSSR count). The maximum atomic E-state index is 13.3. The summed E-state index contributed by atoms with van der Waals surface area (Å²) in [4.78, 5) is 23.5. The van der Waals surface area contributed by atoms with Gasteiger partial charge in [0.25, 0.3) is 15.9 Å². The number of hydrogen-bond acceptors (Lipinski definition) is 5. The Morgan fingerprint density at radius 1 is 1.03 bits per heavy atom. The van der Waals surface area contributed by atoms with Crippen LogP contribution < -0.4 is 20.1 Å². The van der Waals surface area contributed by atoms with Crippen LogP contribution in [0, 0.1) is 0 Å². The molecule has 0 unspecified atom stereocenters. The number of primary amides is 1. The van der Waals surface area contributed by atoms with Gasteiger partial charge in [-0.1, -0.05) is 35.9 Å². The third kappa shape index (κ3) is 5.82. The van der Waals surface area contributed by atoms with Crippen molar-refractivity contribution in [1.82, 2.24) is 0 Å². The van der Waals surface area contributed by atoms with Gasteiger partial charge in [0.05, 0.1) is 10.7 Å². The Bertz CT molecular complexity index is 1270. The molecule has 3 aromatic carbocycles. The lowest BCUT2D eigenvalue weighted by Gasteiger charge is -2.23. The third-order valence-corrected chi connectivity index (χ3v) is 6.99. The van der Waals surface area contributed by atoms with Crippen molar-refractivity contribution >= 4 is 44.8 Å². The minimum atomic E-state index is -3.99. The number of nitrogens with one attached hydrogen (secondary N) is 1. The fraction of sp³-hybridized carbons (Fsp3) is 0.130. The lowest BCUT2D eigenvalue weighted by molar-refractivity contribution is -0.118. The van der Waals surface area contributed by atoms with Crippen molar-refractivity contribution in [2.75, 3.05) is 22.8 Å². The van der Waals surface area contributed by atoms with Crippen LogP contribution in [0.4, 0.5) is 11.4 Å². The van der Waals surface area contributed by atoms with Crippen molar-refractivity contribution in [3.8, 4) is 5.75 Å². The van der Waals surface area contributed by atoms with Gasteiger partial charge < -0.3 is 15.8 Å². The van der Waals surface area contributed by atoms with Crippen molar-refractivity contribution in [3.05, 3.63) is 83.4 Å². The molecule has 10 heteroatoms. The monoisotopic (exact) mass is 487 g/mol. The van der Waals surface area contributed by atoms with Crippen molar-refractivity contribution in [2.24, 2.45) is 5.73 Å². The Kier molecular flexibility index (Phi) is 7.57. The molecule has 0 bridgehead atoms. The zero-order chi connectivity index (χ0) is 24.0. The van der Waals surface area contributed by atoms with Crippen molar-refractivity contribution in [3.63, 3.8) is 0 Å². The summed E-state index contributed by atoms with van der Waals surface area (Å²) < 4.78 is 33.2. The number of benzene rings is 3. The van der Waals surface area contributed by atoms with E-state index in [2.05, 4.69) is 5.32 Å². The van der Waals surface area contributed by atoms with E-state index in [1.807, 2.05) is 0 Å². The van der Waals surface area contributed by atoms with Crippen LogP contribution in [0.3, 0.4) is 0 Å². The summed E-state index contributed by atoms with van der Waals surface area (Å²) in [5.41, 5.74) is 6.22. The average Bonchev–Trinajstić information content (AvgIpc) is 2.80. The minimum Gasteiger partial charge on any atom is -0.484 e. The number of anilines is 2. The summed E-state index contributed by atoms with van der Waals surface area (Å²) in [6.07, 6.45) is 0. The molecule has 8 nitrogen and oxygen atoms in total. The Balaban J connectivity index is 1.76. The molecule has 0 saturated carbocycles. The smallest absolute Gasteiger partial charge is 0.265 e. The number of hydrogen-bond donors (Lipinski definition) is 2. The van der Waals surface area contributed by atoms with Crippen LogP contribution in [0.1, 0.15) is 17.3 Å². The topological polar surface area (TPSA) is 119 Å². The molecular weight excluding hydrogens is 466 g/mol. The molecule has 33 heavy (non-hydrogen) atoms. The van der Waals surface area contributed by atoms with Gasteiger partial charge in [-0.15, -0.1) is 0 Å². The molecule has 0 aliphatic heterocycles. The first-order chi connectivity index (χ1) is 15.7. The molecule has 0 radical (unpaired) electrons. The number of amides is 2. The molecule has 3 aromatic rings. The van der Waals surface area contributed by atoms with E-state index in [1.165, 1.54) is 34.6 Å². The predicted molar refractivity (Wildman–Crippen MR) is 127 cm³/mol. The Morgan fingerprint density at radius 2 is 1.76 bits per heavy atom. The quantitative estimate of drug-likeness (QED) is 0.477. The first kappa shape index (κ1) is 24.1. The van der Waals surface area contributed by atoms with Crippen LogP contribution in [0.2, 0.25) is 5.02 Å². The third-order valence-electron chi connectivity index (χ3n) is 4.60. The number of carbonyl (C=O) groups is 2. The molecule has 0 aliphatic carbocycles. The lowest BCUT2D eigenvalue weighted by Crippen LogP contribution is -2.31. The van der Waals surface area contributed by atoms with Crippen LogP contribution in [0.15, 0.2) is 77.7 Å². The second kappa shape index (κ2) is 10.4. The highest BCUT2D eigenvalue weighted by Gasteiger charge is 2.26. The normalized spacial score (nSPS) is 11.0. The summed E-state index contributed by atoms with van der Waals surface area (Å²) in [6.45, 7) is 1.55. The summed E-state index contributed by atoms with van der Waals surface area (Å²) in [5, 5.41) is 2.62. The SMILES string of the molecule is CCN(c1ccccc1)S(=O)(=O)c1cc(NC(=O)COc2cccc(C(N)=O)c2)ccc1Cl. The second-order valence-electron chi connectivity index (χ2n) is 6.88. The van der Waals surface area contributed by atoms with Gasteiger partial charge in [-0.2, -0.15) is 0 Å². The van der Waals surface area contributed by atoms with Crippen LogP contribution >= 0.6 is 11.6 Å². The molecule has 0 atom stereocenters. The van der Waals surface area contributed by atoms with E-state index in [0.717, 1.165) is 0 Å². The van der Waals surface area contributed by atoms with Gasteiger partial charge >= 0.3 is 0 Å². The highest BCUT2D eigenvalue weighted by molar-refractivity contribution is 7.93. The van der Waals surface area contributed by atoms with Crippen molar-refractivity contribution < 1.29 is 22.7 Å². The van der Waals surface area contributed by atoms with Gasteiger partial charge in [0, 0.05) is 17.8 Å². The average molecular weight is 488 g/mol. The number of halogens is 1.